The molecule has 1 aromatic carbocycles. The Morgan fingerprint density at radius 2 is 2.30 bits per heavy atom. The number of benzene rings is 1. The van der Waals surface area contributed by atoms with Crippen molar-refractivity contribution in [2.45, 2.75) is 19.1 Å². The summed E-state index contributed by atoms with van der Waals surface area (Å²) >= 11 is 0. The molecule has 1 amide bonds. The van der Waals surface area contributed by atoms with E-state index in [-0.39, 0.29) is 6.10 Å². The van der Waals surface area contributed by atoms with Gasteiger partial charge in [0.05, 0.1) is 36.7 Å². The highest BCUT2D eigenvalue weighted by molar-refractivity contribution is 5.90. The third-order valence-electron chi connectivity index (χ3n) is 4.67. The van der Waals surface area contributed by atoms with Crippen LogP contribution in [0, 0.1) is 17.1 Å². The van der Waals surface area contributed by atoms with E-state index >= 15 is 0 Å². The number of halogens is 1. The normalized spacial score (nSPS) is 19.6. The average Bonchev–Trinajstić information content (AvgIpc) is 3.31. The van der Waals surface area contributed by atoms with Crippen LogP contribution in [0.1, 0.15) is 6.42 Å². The summed E-state index contributed by atoms with van der Waals surface area (Å²) in [6.07, 6.45) is 4.77. The number of nitrogens with zero attached hydrogens (tertiary/aromatic N) is 6. The summed E-state index contributed by atoms with van der Waals surface area (Å²) in [6.45, 7) is 1.78. The van der Waals surface area contributed by atoms with Crippen LogP contribution in [0.5, 0.6) is 0 Å². The standard InChI is InChI=1S/C18H17FN6O2/c19-16-9-14(1-2-17(16)23-6-3-13(10-20)4-7-23)25-12-15(27-18(25)26)11-24-8-5-21-22-24/h1-3,5,8-9,15H,4,6-7,11-12H2/t15-/m0/s1. The number of anilines is 2. The Kier molecular flexibility index (Phi) is 4.46. The molecule has 8 nitrogen and oxygen atoms in total. The zero-order valence-electron chi connectivity index (χ0n) is 14.5. The van der Waals surface area contributed by atoms with Crippen LogP contribution in [0.25, 0.3) is 0 Å². The minimum atomic E-state index is -0.508. The van der Waals surface area contributed by atoms with Gasteiger partial charge in [0.1, 0.15) is 11.9 Å². The minimum Gasteiger partial charge on any atom is -0.442 e. The summed E-state index contributed by atoms with van der Waals surface area (Å²) in [5.41, 5.74) is 1.63. The van der Waals surface area contributed by atoms with Gasteiger partial charge in [0.2, 0.25) is 0 Å². The predicted octanol–water partition coefficient (Wildman–Crippen LogP) is 2.10. The van der Waals surface area contributed by atoms with Crippen LogP contribution in [0.4, 0.5) is 20.6 Å². The van der Waals surface area contributed by atoms with Gasteiger partial charge in [-0.05, 0) is 24.6 Å². The van der Waals surface area contributed by atoms with Gasteiger partial charge in [0.25, 0.3) is 0 Å². The lowest BCUT2D eigenvalue weighted by Crippen LogP contribution is -2.29. The molecule has 1 fully saturated rings. The lowest BCUT2D eigenvalue weighted by atomic mass is 10.1. The molecule has 1 atom stereocenters. The Labute approximate surface area is 155 Å². The van der Waals surface area contributed by atoms with Gasteiger partial charge in [-0.2, -0.15) is 5.26 Å². The molecule has 2 aromatic rings. The number of ether oxygens (including phenoxy) is 1. The molecule has 0 saturated carbocycles. The Balaban J connectivity index is 1.47. The van der Waals surface area contributed by atoms with Crippen molar-refractivity contribution in [1.82, 2.24) is 15.0 Å². The lowest BCUT2D eigenvalue weighted by molar-refractivity contribution is 0.129. The van der Waals surface area contributed by atoms with E-state index in [9.17, 15) is 9.18 Å². The Morgan fingerprint density at radius 3 is 2.96 bits per heavy atom. The van der Waals surface area contributed by atoms with E-state index in [1.165, 1.54) is 11.0 Å². The van der Waals surface area contributed by atoms with Crippen molar-refractivity contribution in [3.8, 4) is 6.07 Å². The summed E-state index contributed by atoms with van der Waals surface area (Å²) in [6, 6.07) is 6.85. The molecule has 4 rings (SSSR count). The first kappa shape index (κ1) is 17.0. The second kappa shape index (κ2) is 7.07. The number of hydrogen-bond acceptors (Lipinski definition) is 6. The molecule has 0 spiro atoms. The molecule has 27 heavy (non-hydrogen) atoms. The molecule has 0 N–H and O–H groups in total. The van der Waals surface area contributed by atoms with Crippen molar-refractivity contribution in [3.63, 3.8) is 0 Å². The third-order valence-corrected chi connectivity index (χ3v) is 4.67. The molecular formula is C18H17FN6O2. The zero-order chi connectivity index (χ0) is 18.8. The first-order chi connectivity index (χ1) is 13.1. The molecule has 0 unspecified atom stereocenters. The SMILES string of the molecule is N#CC1=CCN(c2ccc(N3C[C@H](Cn4ccnn4)OC3=O)cc2F)CC1. The summed E-state index contributed by atoms with van der Waals surface area (Å²) in [5.74, 6) is -0.408. The van der Waals surface area contributed by atoms with E-state index in [2.05, 4.69) is 16.4 Å². The number of rotatable bonds is 4. The van der Waals surface area contributed by atoms with Crippen molar-refractivity contribution in [1.29, 1.82) is 5.26 Å². The molecule has 3 heterocycles. The maximum absolute atomic E-state index is 14.7. The molecule has 2 aliphatic rings. The van der Waals surface area contributed by atoms with E-state index in [1.807, 2.05) is 11.0 Å². The van der Waals surface area contributed by atoms with Gasteiger partial charge in [-0.25, -0.2) is 13.9 Å². The van der Waals surface area contributed by atoms with E-state index < -0.39 is 11.9 Å². The fourth-order valence-corrected chi connectivity index (χ4v) is 3.28. The van der Waals surface area contributed by atoms with Crippen LogP contribution in [-0.4, -0.2) is 46.8 Å². The van der Waals surface area contributed by atoms with E-state index in [4.69, 9.17) is 10.00 Å². The first-order valence-corrected chi connectivity index (χ1v) is 8.60. The Bertz CT molecular complexity index is 920. The van der Waals surface area contributed by atoms with Gasteiger partial charge in [-0.3, -0.25) is 4.90 Å². The quantitative estimate of drug-likeness (QED) is 0.821. The summed E-state index contributed by atoms with van der Waals surface area (Å²) in [4.78, 5) is 15.5. The maximum atomic E-state index is 14.7. The zero-order valence-corrected chi connectivity index (χ0v) is 14.5. The number of hydrogen-bond donors (Lipinski definition) is 0. The van der Waals surface area contributed by atoms with Crippen molar-refractivity contribution >= 4 is 17.5 Å². The number of carbonyl (C=O) groups excluding carboxylic acids is 1. The highest BCUT2D eigenvalue weighted by atomic mass is 19.1. The van der Waals surface area contributed by atoms with Gasteiger partial charge in [-0.1, -0.05) is 11.3 Å². The molecule has 2 aliphatic heterocycles. The number of nitriles is 1. The number of carbonyl (C=O) groups is 1. The Hall–Kier alpha value is -3.41. The fourth-order valence-electron chi connectivity index (χ4n) is 3.28. The largest absolute Gasteiger partial charge is 0.442 e. The topological polar surface area (TPSA) is 87.3 Å². The molecule has 138 valence electrons. The van der Waals surface area contributed by atoms with Gasteiger partial charge in [0.15, 0.2) is 0 Å². The van der Waals surface area contributed by atoms with Crippen LogP contribution in [0.2, 0.25) is 0 Å². The molecule has 9 heteroatoms. The van der Waals surface area contributed by atoms with Crippen molar-refractivity contribution in [3.05, 3.63) is 48.1 Å². The summed E-state index contributed by atoms with van der Waals surface area (Å²) in [5, 5.41) is 16.5. The molecule has 1 aromatic heterocycles. The molecule has 1 saturated heterocycles. The highest BCUT2D eigenvalue weighted by Gasteiger charge is 2.33. The third kappa shape index (κ3) is 3.46. The predicted molar refractivity (Wildman–Crippen MR) is 94.6 cm³/mol. The van der Waals surface area contributed by atoms with E-state index in [0.29, 0.717) is 44.0 Å². The number of amides is 1. The monoisotopic (exact) mass is 368 g/mol. The van der Waals surface area contributed by atoms with Crippen LogP contribution >= 0.6 is 0 Å². The second-order valence-electron chi connectivity index (χ2n) is 6.41. The van der Waals surface area contributed by atoms with Gasteiger partial charge >= 0.3 is 6.09 Å². The fraction of sp³-hybridized carbons (Fsp3) is 0.333. The van der Waals surface area contributed by atoms with Crippen LogP contribution in [0.3, 0.4) is 0 Å². The maximum Gasteiger partial charge on any atom is 0.414 e. The molecule has 0 radical (unpaired) electrons. The summed E-state index contributed by atoms with van der Waals surface area (Å²) < 4.78 is 21.6. The Morgan fingerprint density at radius 1 is 1.41 bits per heavy atom. The summed E-state index contributed by atoms with van der Waals surface area (Å²) in [7, 11) is 0. The van der Waals surface area contributed by atoms with Crippen LogP contribution in [0.15, 0.2) is 42.2 Å². The minimum absolute atomic E-state index is 0.315. The molecule has 0 bridgehead atoms. The smallest absolute Gasteiger partial charge is 0.414 e. The first-order valence-electron chi connectivity index (χ1n) is 8.60. The number of cyclic esters (lactones) is 1. The van der Waals surface area contributed by atoms with Crippen molar-refractivity contribution < 1.29 is 13.9 Å². The van der Waals surface area contributed by atoms with E-state index in [0.717, 1.165) is 5.57 Å². The lowest BCUT2D eigenvalue weighted by Gasteiger charge is -2.27. The van der Waals surface area contributed by atoms with Crippen molar-refractivity contribution in [2.75, 3.05) is 29.4 Å². The highest BCUT2D eigenvalue weighted by Crippen LogP contribution is 2.29. The van der Waals surface area contributed by atoms with E-state index in [1.54, 1.807) is 29.2 Å². The second-order valence-corrected chi connectivity index (χ2v) is 6.41. The van der Waals surface area contributed by atoms with Crippen molar-refractivity contribution in [2.24, 2.45) is 0 Å². The van der Waals surface area contributed by atoms with Gasteiger partial charge in [0, 0.05) is 24.9 Å². The van der Waals surface area contributed by atoms with Crippen LogP contribution < -0.4 is 9.80 Å². The molecule has 0 aliphatic carbocycles. The van der Waals surface area contributed by atoms with Gasteiger partial charge < -0.3 is 9.64 Å². The number of aromatic nitrogens is 3. The van der Waals surface area contributed by atoms with Crippen LogP contribution in [-0.2, 0) is 11.3 Å². The average molecular weight is 368 g/mol. The van der Waals surface area contributed by atoms with Gasteiger partial charge in [-0.15, -0.1) is 5.10 Å². The molecular weight excluding hydrogens is 351 g/mol.